The molecule has 0 fully saturated rings. The van der Waals surface area contributed by atoms with Gasteiger partial charge in [0.05, 0.1) is 17.1 Å². The summed E-state index contributed by atoms with van der Waals surface area (Å²) in [4.78, 5) is 16.5. The predicted molar refractivity (Wildman–Crippen MR) is 123 cm³/mol. The van der Waals surface area contributed by atoms with Crippen LogP contribution in [0, 0.1) is 11.3 Å². The number of carbonyl (C=O) groups excluding carboxylic acids is 1. The first kappa shape index (κ1) is 19.0. The summed E-state index contributed by atoms with van der Waals surface area (Å²) in [6.07, 6.45) is 1.34. The van der Waals surface area contributed by atoms with Crippen LogP contribution in [0.3, 0.4) is 0 Å². The molecule has 2 aromatic heterocycles. The number of H-pyrrole nitrogens is 1. The number of aromatic nitrogens is 2. The zero-order valence-corrected chi connectivity index (χ0v) is 17.6. The highest BCUT2D eigenvalue weighted by Crippen LogP contribution is 2.39. The van der Waals surface area contributed by atoms with Crippen molar-refractivity contribution in [2.45, 2.75) is 26.4 Å². The monoisotopic (exact) mass is 407 g/mol. The van der Waals surface area contributed by atoms with Crippen LogP contribution in [-0.4, -0.2) is 21.2 Å². The van der Waals surface area contributed by atoms with E-state index in [0.29, 0.717) is 5.56 Å². The van der Waals surface area contributed by atoms with Crippen LogP contribution in [-0.2, 0) is 4.74 Å². The van der Waals surface area contributed by atoms with Crippen molar-refractivity contribution in [1.29, 1.82) is 5.26 Å². The van der Waals surface area contributed by atoms with Gasteiger partial charge in [0.1, 0.15) is 5.60 Å². The molecule has 1 N–H and O–H groups in total. The van der Waals surface area contributed by atoms with E-state index in [4.69, 9.17) is 4.74 Å². The summed E-state index contributed by atoms with van der Waals surface area (Å²) in [5.74, 6) is 0. The van der Waals surface area contributed by atoms with Gasteiger partial charge in [-0.3, -0.25) is 4.57 Å². The summed E-state index contributed by atoms with van der Waals surface area (Å²) < 4.78 is 7.25. The molecular weight excluding hydrogens is 386 g/mol. The normalized spacial score (nSPS) is 11.8. The van der Waals surface area contributed by atoms with Gasteiger partial charge >= 0.3 is 6.09 Å². The maximum Gasteiger partial charge on any atom is 0.419 e. The summed E-state index contributed by atoms with van der Waals surface area (Å²) >= 11 is 0. The maximum atomic E-state index is 13.0. The Bertz CT molecular complexity index is 1510. The molecule has 152 valence electrons. The van der Waals surface area contributed by atoms with Crippen molar-refractivity contribution in [3.05, 3.63) is 72.4 Å². The van der Waals surface area contributed by atoms with Crippen molar-refractivity contribution < 1.29 is 9.53 Å². The second kappa shape index (κ2) is 6.75. The fraction of sp³-hybridized carbons (Fsp3) is 0.154. The number of rotatable bonds is 1. The van der Waals surface area contributed by atoms with Crippen LogP contribution >= 0.6 is 0 Å². The Hall–Kier alpha value is -4.04. The molecule has 0 saturated carbocycles. The lowest BCUT2D eigenvalue weighted by Crippen LogP contribution is -2.26. The summed E-state index contributed by atoms with van der Waals surface area (Å²) in [6.45, 7) is 5.57. The number of nitrogens with one attached hydrogen (secondary N) is 1. The van der Waals surface area contributed by atoms with Crippen molar-refractivity contribution in [1.82, 2.24) is 9.55 Å². The Labute approximate surface area is 179 Å². The molecule has 0 atom stereocenters. The highest BCUT2D eigenvalue weighted by molar-refractivity contribution is 6.23. The molecule has 31 heavy (non-hydrogen) atoms. The smallest absolute Gasteiger partial charge is 0.419 e. The predicted octanol–water partition coefficient (Wildman–Crippen LogP) is 6.60. The molecule has 3 aromatic carbocycles. The molecule has 0 saturated heterocycles. The number of benzene rings is 3. The Kier molecular flexibility index (Phi) is 4.13. The molecule has 0 aliphatic heterocycles. The lowest BCUT2D eigenvalue weighted by Gasteiger charge is -2.20. The maximum absolute atomic E-state index is 13.0. The zero-order chi connectivity index (χ0) is 21.8. The number of fused-ring (bicyclic) bond motifs is 5. The first-order chi connectivity index (χ1) is 14.9. The highest BCUT2D eigenvalue weighted by atomic mass is 16.6. The molecule has 2 heterocycles. The van der Waals surface area contributed by atoms with Gasteiger partial charge in [0, 0.05) is 39.0 Å². The Morgan fingerprint density at radius 3 is 2.48 bits per heavy atom. The topological polar surface area (TPSA) is 70.8 Å². The number of hydrogen-bond donors (Lipinski definition) is 1. The third-order valence-electron chi connectivity index (χ3n) is 5.33. The Morgan fingerprint density at radius 2 is 1.77 bits per heavy atom. The van der Waals surface area contributed by atoms with Crippen LogP contribution in [0.4, 0.5) is 4.79 Å². The van der Waals surface area contributed by atoms with Gasteiger partial charge in [-0.25, -0.2) is 4.79 Å². The van der Waals surface area contributed by atoms with E-state index in [2.05, 4.69) is 17.1 Å². The van der Waals surface area contributed by atoms with E-state index < -0.39 is 11.7 Å². The van der Waals surface area contributed by atoms with Gasteiger partial charge in [-0.1, -0.05) is 30.3 Å². The van der Waals surface area contributed by atoms with Gasteiger partial charge in [-0.15, -0.1) is 0 Å². The van der Waals surface area contributed by atoms with E-state index >= 15 is 0 Å². The van der Waals surface area contributed by atoms with Gasteiger partial charge in [-0.05, 0) is 56.7 Å². The fourth-order valence-corrected chi connectivity index (χ4v) is 4.10. The van der Waals surface area contributed by atoms with E-state index in [0.717, 1.165) is 43.8 Å². The molecule has 0 spiro atoms. The van der Waals surface area contributed by atoms with Gasteiger partial charge in [-0.2, -0.15) is 5.26 Å². The minimum absolute atomic E-state index is 0.420. The molecule has 0 aliphatic carbocycles. The number of aromatic amines is 1. The van der Waals surface area contributed by atoms with E-state index in [-0.39, 0.29) is 0 Å². The quantitative estimate of drug-likeness (QED) is 0.340. The largest absolute Gasteiger partial charge is 0.443 e. The average molecular weight is 407 g/mol. The SMILES string of the molecule is CC(C)(C)OC(=O)n1ccc2c3c(cc(-c4ccccc4)c21)[nH]c1ccc(C#N)cc13. The van der Waals surface area contributed by atoms with Gasteiger partial charge in [0.25, 0.3) is 0 Å². The van der Waals surface area contributed by atoms with Crippen LogP contribution in [0.5, 0.6) is 0 Å². The molecule has 0 radical (unpaired) electrons. The van der Waals surface area contributed by atoms with Crippen LogP contribution in [0.15, 0.2) is 66.9 Å². The number of nitriles is 1. The van der Waals surface area contributed by atoms with Crippen LogP contribution in [0.1, 0.15) is 26.3 Å². The zero-order valence-electron chi connectivity index (χ0n) is 17.6. The third-order valence-corrected chi connectivity index (χ3v) is 5.33. The van der Waals surface area contributed by atoms with Crippen LogP contribution in [0.2, 0.25) is 0 Å². The Morgan fingerprint density at radius 1 is 1.00 bits per heavy atom. The molecule has 5 nitrogen and oxygen atoms in total. The van der Waals surface area contributed by atoms with E-state index in [1.807, 2.05) is 69.3 Å². The van der Waals surface area contributed by atoms with Crippen LogP contribution in [0.25, 0.3) is 43.8 Å². The molecule has 5 aromatic rings. The summed E-state index contributed by atoms with van der Waals surface area (Å²) in [7, 11) is 0. The molecule has 0 bridgehead atoms. The molecule has 0 unspecified atom stereocenters. The van der Waals surface area contributed by atoms with Crippen molar-refractivity contribution in [2.24, 2.45) is 0 Å². The molecule has 0 aliphatic rings. The summed E-state index contributed by atoms with van der Waals surface area (Å²) in [5.41, 5.74) is 4.63. The van der Waals surface area contributed by atoms with Gasteiger partial charge in [0.2, 0.25) is 0 Å². The molecular formula is C26H21N3O2. The lowest BCUT2D eigenvalue weighted by molar-refractivity contribution is 0.0544. The number of ether oxygens (including phenoxy) is 1. The van der Waals surface area contributed by atoms with E-state index in [1.54, 1.807) is 16.8 Å². The molecule has 0 amide bonds. The Balaban J connectivity index is 1.89. The first-order valence-corrected chi connectivity index (χ1v) is 10.1. The number of carbonyl (C=O) groups is 1. The van der Waals surface area contributed by atoms with E-state index in [9.17, 15) is 10.1 Å². The van der Waals surface area contributed by atoms with Crippen molar-refractivity contribution in [3.63, 3.8) is 0 Å². The van der Waals surface area contributed by atoms with E-state index in [1.165, 1.54) is 0 Å². The van der Waals surface area contributed by atoms with Crippen molar-refractivity contribution >= 4 is 38.8 Å². The first-order valence-electron chi connectivity index (χ1n) is 10.1. The second-order valence-corrected chi connectivity index (χ2v) is 8.64. The van der Waals surface area contributed by atoms with Crippen molar-refractivity contribution in [2.75, 3.05) is 0 Å². The number of nitrogens with zero attached hydrogens (tertiary/aromatic N) is 2. The standard InChI is InChI=1S/C26H21N3O2/c1-26(2,3)31-25(30)29-12-11-18-23-20-13-16(15-27)9-10-21(20)28-22(23)14-19(24(18)29)17-7-5-4-6-8-17/h4-14,28H,1-3H3. The van der Waals surface area contributed by atoms with Crippen molar-refractivity contribution in [3.8, 4) is 17.2 Å². The summed E-state index contributed by atoms with van der Waals surface area (Å²) in [6, 6.07) is 21.8. The fourth-order valence-electron chi connectivity index (χ4n) is 4.10. The van der Waals surface area contributed by atoms with Crippen LogP contribution < -0.4 is 0 Å². The minimum Gasteiger partial charge on any atom is -0.443 e. The number of hydrogen-bond acceptors (Lipinski definition) is 3. The lowest BCUT2D eigenvalue weighted by atomic mass is 9.99. The second-order valence-electron chi connectivity index (χ2n) is 8.64. The minimum atomic E-state index is -0.604. The highest BCUT2D eigenvalue weighted by Gasteiger charge is 2.23. The summed E-state index contributed by atoms with van der Waals surface area (Å²) in [5, 5.41) is 12.3. The van der Waals surface area contributed by atoms with Gasteiger partial charge < -0.3 is 9.72 Å². The molecule has 5 heteroatoms. The molecule has 5 rings (SSSR count). The average Bonchev–Trinajstić information content (AvgIpc) is 3.33. The van der Waals surface area contributed by atoms with Gasteiger partial charge in [0.15, 0.2) is 0 Å². The third kappa shape index (κ3) is 3.13.